The van der Waals surface area contributed by atoms with Gasteiger partial charge in [0, 0.05) is 12.6 Å². The Labute approximate surface area is 104 Å². The van der Waals surface area contributed by atoms with Crippen molar-refractivity contribution in [3.8, 4) is 0 Å². The summed E-state index contributed by atoms with van der Waals surface area (Å²) in [4.78, 5) is 12.9. The molecule has 100 valence electrons. The van der Waals surface area contributed by atoms with E-state index in [0.29, 0.717) is 6.04 Å². The molecule has 1 fully saturated rings. The molecule has 1 rings (SSSR count). The Kier molecular flexibility index (Phi) is 4.95. The Morgan fingerprint density at radius 2 is 1.88 bits per heavy atom. The Morgan fingerprint density at radius 3 is 2.29 bits per heavy atom. The maximum atomic E-state index is 10.9. The first kappa shape index (κ1) is 14.5. The molecule has 0 aliphatic heterocycles. The van der Waals surface area contributed by atoms with Crippen LogP contribution in [0.15, 0.2) is 0 Å². The summed E-state index contributed by atoms with van der Waals surface area (Å²) in [5, 5.41) is 18.6. The van der Waals surface area contributed by atoms with Crippen LogP contribution in [0.3, 0.4) is 0 Å². The normalized spacial score (nSPS) is 29.0. The molecule has 0 amide bonds. The minimum atomic E-state index is -1.64. The number of carboxylic acids is 1. The SMILES string of the molecule is CCC1CCC(N(C)CC(C)(O)C(=O)O)CC1. The molecule has 1 atom stereocenters. The van der Waals surface area contributed by atoms with Crippen LogP contribution in [-0.2, 0) is 4.79 Å². The second-order valence-electron chi connectivity index (χ2n) is 5.58. The monoisotopic (exact) mass is 243 g/mol. The van der Waals surface area contributed by atoms with Gasteiger partial charge in [0.2, 0.25) is 0 Å². The van der Waals surface area contributed by atoms with Crippen molar-refractivity contribution in [1.29, 1.82) is 0 Å². The quantitative estimate of drug-likeness (QED) is 0.772. The summed E-state index contributed by atoms with van der Waals surface area (Å²) in [7, 11) is 1.91. The van der Waals surface area contributed by atoms with E-state index >= 15 is 0 Å². The maximum Gasteiger partial charge on any atom is 0.336 e. The minimum absolute atomic E-state index is 0.198. The smallest absolute Gasteiger partial charge is 0.336 e. The highest BCUT2D eigenvalue weighted by Gasteiger charge is 2.34. The van der Waals surface area contributed by atoms with E-state index in [4.69, 9.17) is 5.11 Å². The van der Waals surface area contributed by atoms with Crippen molar-refractivity contribution >= 4 is 5.97 Å². The molecular weight excluding hydrogens is 218 g/mol. The van der Waals surface area contributed by atoms with E-state index in [-0.39, 0.29) is 6.54 Å². The first-order valence-corrected chi connectivity index (χ1v) is 6.52. The van der Waals surface area contributed by atoms with Crippen LogP contribution in [0.2, 0.25) is 0 Å². The number of carboxylic acid groups (broad SMARTS) is 1. The zero-order valence-corrected chi connectivity index (χ0v) is 11.1. The van der Waals surface area contributed by atoms with Crippen molar-refractivity contribution in [3.63, 3.8) is 0 Å². The molecular formula is C13H25NO3. The highest BCUT2D eigenvalue weighted by Crippen LogP contribution is 2.29. The van der Waals surface area contributed by atoms with E-state index in [1.807, 2.05) is 11.9 Å². The van der Waals surface area contributed by atoms with Crippen LogP contribution in [0.25, 0.3) is 0 Å². The second kappa shape index (κ2) is 5.83. The third kappa shape index (κ3) is 3.96. The summed E-state index contributed by atoms with van der Waals surface area (Å²) in [6.45, 7) is 3.79. The maximum absolute atomic E-state index is 10.9. The van der Waals surface area contributed by atoms with Crippen LogP contribution in [0, 0.1) is 5.92 Å². The fourth-order valence-corrected chi connectivity index (χ4v) is 2.68. The van der Waals surface area contributed by atoms with E-state index in [9.17, 15) is 9.90 Å². The lowest BCUT2D eigenvalue weighted by Crippen LogP contribution is -2.49. The number of carbonyl (C=O) groups is 1. The summed E-state index contributed by atoms with van der Waals surface area (Å²) < 4.78 is 0. The average Bonchev–Trinajstić information content (AvgIpc) is 2.28. The van der Waals surface area contributed by atoms with Gasteiger partial charge in [0.15, 0.2) is 5.60 Å². The number of aliphatic hydroxyl groups is 1. The van der Waals surface area contributed by atoms with Crippen LogP contribution < -0.4 is 0 Å². The van der Waals surface area contributed by atoms with Gasteiger partial charge in [-0.25, -0.2) is 4.79 Å². The lowest BCUT2D eigenvalue weighted by atomic mass is 9.84. The molecule has 1 aliphatic carbocycles. The van der Waals surface area contributed by atoms with Crippen molar-refractivity contribution < 1.29 is 15.0 Å². The fourth-order valence-electron chi connectivity index (χ4n) is 2.68. The first-order chi connectivity index (χ1) is 7.86. The summed E-state index contributed by atoms with van der Waals surface area (Å²) in [5.74, 6) is -0.314. The summed E-state index contributed by atoms with van der Waals surface area (Å²) >= 11 is 0. The molecule has 4 heteroatoms. The molecule has 1 unspecified atom stereocenters. The Hall–Kier alpha value is -0.610. The van der Waals surface area contributed by atoms with Gasteiger partial charge in [0.25, 0.3) is 0 Å². The Morgan fingerprint density at radius 1 is 1.35 bits per heavy atom. The predicted molar refractivity (Wildman–Crippen MR) is 66.9 cm³/mol. The van der Waals surface area contributed by atoms with Crippen LogP contribution in [0.4, 0.5) is 0 Å². The van der Waals surface area contributed by atoms with Crippen molar-refractivity contribution in [2.45, 2.75) is 57.6 Å². The average molecular weight is 243 g/mol. The number of nitrogens with zero attached hydrogens (tertiary/aromatic N) is 1. The van der Waals surface area contributed by atoms with E-state index in [1.165, 1.54) is 26.2 Å². The highest BCUT2D eigenvalue weighted by atomic mass is 16.4. The van der Waals surface area contributed by atoms with Crippen molar-refractivity contribution in [1.82, 2.24) is 4.90 Å². The zero-order valence-electron chi connectivity index (χ0n) is 11.1. The molecule has 0 saturated heterocycles. The van der Waals surface area contributed by atoms with Crippen molar-refractivity contribution in [2.24, 2.45) is 5.92 Å². The summed E-state index contributed by atoms with van der Waals surface area (Å²) in [6.07, 6.45) is 5.92. The van der Waals surface area contributed by atoms with Crippen molar-refractivity contribution in [2.75, 3.05) is 13.6 Å². The molecule has 0 heterocycles. The Balaban J connectivity index is 2.44. The lowest BCUT2D eigenvalue weighted by molar-refractivity contribution is -0.158. The molecule has 4 nitrogen and oxygen atoms in total. The van der Waals surface area contributed by atoms with E-state index in [2.05, 4.69) is 6.92 Å². The zero-order chi connectivity index (χ0) is 13.1. The van der Waals surface area contributed by atoms with E-state index in [1.54, 1.807) is 0 Å². The predicted octanol–water partition coefficient (Wildman–Crippen LogP) is 1.72. The lowest BCUT2D eigenvalue weighted by Gasteiger charge is -2.36. The second-order valence-corrected chi connectivity index (χ2v) is 5.58. The third-order valence-electron chi connectivity index (χ3n) is 4.03. The number of hydrogen-bond donors (Lipinski definition) is 2. The number of hydrogen-bond acceptors (Lipinski definition) is 3. The van der Waals surface area contributed by atoms with Crippen LogP contribution in [-0.4, -0.2) is 46.3 Å². The molecule has 0 aromatic heterocycles. The fraction of sp³-hybridized carbons (Fsp3) is 0.923. The summed E-state index contributed by atoms with van der Waals surface area (Å²) in [6, 6.07) is 0.420. The van der Waals surface area contributed by atoms with Gasteiger partial charge >= 0.3 is 5.97 Å². The molecule has 0 bridgehead atoms. The molecule has 1 aliphatic rings. The third-order valence-corrected chi connectivity index (χ3v) is 4.03. The number of likely N-dealkylation sites (N-methyl/N-ethyl adjacent to an activating group) is 1. The highest BCUT2D eigenvalue weighted by molar-refractivity contribution is 5.76. The van der Waals surface area contributed by atoms with Gasteiger partial charge in [0.1, 0.15) is 0 Å². The van der Waals surface area contributed by atoms with Gasteiger partial charge in [-0.1, -0.05) is 13.3 Å². The minimum Gasteiger partial charge on any atom is -0.479 e. The van der Waals surface area contributed by atoms with Crippen LogP contribution >= 0.6 is 0 Å². The largest absolute Gasteiger partial charge is 0.479 e. The number of rotatable bonds is 5. The molecule has 2 N–H and O–H groups in total. The molecule has 0 aromatic carbocycles. The molecule has 17 heavy (non-hydrogen) atoms. The Bertz CT molecular complexity index is 257. The van der Waals surface area contributed by atoms with E-state index in [0.717, 1.165) is 18.8 Å². The topological polar surface area (TPSA) is 60.8 Å². The van der Waals surface area contributed by atoms with Crippen LogP contribution in [0.5, 0.6) is 0 Å². The van der Waals surface area contributed by atoms with E-state index < -0.39 is 11.6 Å². The number of aliphatic carboxylic acids is 1. The first-order valence-electron chi connectivity index (χ1n) is 6.52. The van der Waals surface area contributed by atoms with Gasteiger partial charge in [-0.2, -0.15) is 0 Å². The van der Waals surface area contributed by atoms with Gasteiger partial charge in [-0.3, -0.25) is 4.90 Å². The van der Waals surface area contributed by atoms with Gasteiger partial charge in [0.05, 0.1) is 0 Å². The molecule has 0 aromatic rings. The van der Waals surface area contributed by atoms with Crippen molar-refractivity contribution in [3.05, 3.63) is 0 Å². The van der Waals surface area contributed by atoms with Crippen LogP contribution in [0.1, 0.15) is 46.0 Å². The molecule has 1 saturated carbocycles. The standard InChI is InChI=1S/C13H25NO3/c1-4-10-5-7-11(8-6-10)14(3)9-13(2,17)12(15)16/h10-11,17H,4-9H2,1-3H3,(H,15,16). The summed E-state index contributed by atoms with van der Waals surface area (Å²) in [5.41, 5.74) is -1.64. The van der Waals surface area contributed by atoms with Gasteiger partial charge in [-0.05, 0) is 45.6 Å². The van der Waals surface area contributed by atoms with Gasteiger partial charge in [-0.15, -0.1) is 0 Å². The molecule has 0 radical (unpaired) electrons. The van der Waals surface area contributed by atoms with Gasteiger partial charge < -0.3 is 10.2 Å². The molecule has 0 spiro atoms.